The first-order valence-corrected chi connectivity index (χ1v) is 9.59. The van der Waals surface area contributed by atoms with Gasteiger partial charge in [-0.1, -0.05) is 36.4 Å². The minimum atomic E-state index is 0.494. The molecule has 3 aromatic rings. The van der Waals surface area contributed by atoms with Gasteiger partial charge in [-0.25, -0.2) is 4.98 Å². The molecule has 0 aliphatic carbocycles. The fraction of sp³-hybridized carbons (Fsp3) is 0.263. The van der Waals surface area contributed by atoms with Crippen LogP contribution in [-0.2, 0) is 4.74 Å². The van der Waals surface area contributed by atoms with Crippen LogP contribution in [0.3, 0.4) is 0 Å². The molecule has 0 unspecified atom stereocenters. The van der Waals surface area contributed by atoms with Crippen LogP contribution in [0.5, 0.6) is 0 Å². The molecule has 1 saturated heterocycles. The highest BCUT2D eigenvalue weighted by Crippen LogP contribution is 2.21. The summed E-state index contributed by atoms with van der Waals surface area (Å²) in [5.74, 6) is 1.75. The van der Waals surface area contributed by atoms with E-state index in [9.17, 15) is 0 Å². The molecule has 0 atom stereocenters. The van der Waals surface area contributed by atoms with Crippen molar-refractivity contribution in [2.75, 3.05) is 36.5 Å². The number of rotatable bonds is 5. The number of aromatic nitrogens is 4. The van der Waals surface area contributed by atoms with Crippen LogP contribution in [0, 0.1) is 6.92 Å². The highest BCUT2D eigenvalue weighted by Gasteiger charge is 2.16. The van der Waals surface area contributed by atoms with E-state index in [4.69, 9.17) is 4.74 Å². The lowest BCUT2D eigenvalue weighted by atomic mass is 10.2. The first-order valence-electron chi connectivity index (χ1n) is 8.78. The molecule has 0 spiro atoms. The molecule has 0 amide bonds. The maximum absolute atomic E-state index is 5.43. The molecule has 3 heterocycles. The topological polar surface area (TPSA) is 76.1 Å². The van der Waals surface area contributed by atoms with Crippen LogP contribution >= 0.6 is 11.3 Å². The monoisotopic (exact) mass is 380 g/mol. The molecule has 1 N–H and O–H groups in total. The lowest BCUT2D eigenvalue weighted by molar-refractivity contribution is 0.122. The van der Waals surface area contributed by atoms with Crippen molar-refractivity contribution in [3.8, 4) is 0 Å². The van der Waals surface area contributed by atoms with Gasteiger partial charge in [0.2, 0.25) is 11.9 Å². The zero-order valence-corrected chi connectivity index (χ0v) is 15.8. The van der Waals surface area contributed by atoms with Gasteiger partial charge in [0.15, 0.2) is 11.0 Å². The summed E-state index contributed by atoms with van der Waals surface area (Å²) in [6, 6.07) is 10.1. The Balaban J connectivity index is 1.64. The number of hydrogen-bond acceptors (Lipinski definition) is 8. The molecule has 1 aromatic carbocycles. The van der Waals surface area contributed by atoms with Crippen molar-refractivity contribution in [2.45, 2.75) is 6.92 Å². The molecule has 4 rings (SSSR count). The molecule has 0 radical (unpaired) electrons. The Hall–Kier alpha value is -2.84. The summed E-state index contributed by atoms with van der Waals surface area (Å²) in [4.78, 5) is 21.3. The minimum Gasteiger partial charge on any atom is -0.378 e. The average Bonchev–Trinajstić information content (AvgIpc) is 3.12. The van der Waals surface area contributed by atoms with Gasteiger partial charge < -0.3 is 9.64 Å². The molecule has 1 fully saturated rings. The van der Waals surface area contributed by atoms with E-state index in [0.29, 0.717) is 30.9 Å². The number of aryl methyl sites for hydroxylation is 1. The summed E-state index contributed by atoms with van der Waals surface area (Å²) in [6.07, 6.45) is 5.72. The number of nitrogens with one attached hydrogen (secondary N) is 1. The van der Waals surface area contributed by atoms with Crippen LogP contribution in [0.1, 0.15) is 16.3 Å². The van der Waals surface area contributed by atoms with Gasteiger partial charge >= 0.3 is 0 Å². The van der Waals surface area contributed by atoms with E-state index in [1.54, 1.807) is 11.3 Å². The van der Waals surface area contributed by atoms with Crippen molar-refractivity contribution in [1.82, 2.24) is 19.9 Å². The zero-order chi connectivity index (χ0) is 18.5. The lowest BCUT2D eigenvalue weighted by Crippen LogP contribution is -2.37. The maximum atomic E-state index is 5.43. The van der Waals surface area contributed by atoms with Gasteiger partial charge in [0.05, 0.1) is 13.2 Å². The number of thiazole rings is 1. The molecule has 27 heavy (non-hydrogen) atoms. The predicted molar refractivity (Wildman–Crippen MR) is 108 cm³/mol. The zero-order valence-electron chi connectivity index (χ0n) is 15.0. The van der Waals surface area contributed by atoms with Crippen molar-refractivity contribution in [3.63, 3.8) is 0 Å². The van der Waals surface area contributed by atoms with Gasteiger partial charge in [-0.3, -0.25) is 5.32 Å². The third-order valence-corrected chi connectivity index (χ3v) is 4.83. The molecule has 0 bridgehead atoms. The van der Waals surface area contributed by atoms with Gasteiger partial charge in [0, 0.05) is 24.2 Å². The number of benzene rings is 1. The fourth-order valence-corrected chi connectivity index (χ4v) is 3.32. The molecule has 1 aliphatic heterocycles. The fourth-order valence-electron chi connectivity index (χ4n) is 2.66. The highest BCUT2D eigenvalue weighted by atomic mass is 32.1. The Bertz CT molecular complexity index is 921. The van der Waals surface area contributed by atoms with E-state index in [-0.39, 0.29) is 0 Å². The third kappa shape index (κ3) is 4.66. The molecule has 138 valence electrons. The van der Waals surface area contributed by atoms with Gasteiger partial charge in [-0.15, -0.1) is 11.3 Å². The first kappa shape index (κ1) is 17.6. The number of anilines is 3. The van der Waals surface area contributed by atoms with Gasteiger partial charge in [-0.05, 0) is 18.6 Å². The normalized spacial score (nSPS) is 14.6. The summed E-state index contributed by atoms with van der Waals surface area (Å²) < 4.78 is 5.43. The second-order valence-electron chi connectivity index (χ2n) is 6.06. The third-order valence-electron chi connectivity index (χ3n) is 4.00. The first-order chi connectivity index (χ1) is 13.3. The van der Waals surface area contributed by atoms with Crippen LogP contribution in [-0.4, -0.2) is 46.2 Å². The molecular weight excluding hydrogens is 360 g/mol. The summed E-state index contributed by atoms with van der Waals surface area (Å²) in [5, 5.41) is 3.96. The van der Waals surface area contributed by atoms with E-state index in [1.807, 2.05) is 55.6 Å². The molecule has 1 aliphatic rings. The Labute approximate surface area is 161 Å². The molecule has 8 heteroatoms. The highest BCUT2D eigenvalue weighted by molar-refractivity contribution is 7.15. The van der Waals surface area contributed by atoms with Crippen LogP contribution in [0.4, 0.5) is 17.0 Å². The summed E-state index contributed by atoms with van der Waals surface area (Å²) >= 11 is 1.57. The quantitative estimate of drug-likeness (QED) is 0.727. The number of morpholine rings is 1. The number of nitrogens with zero attached hydrogens (tertiary/aromatic N) is 5. The van der Waals surface area contributed by atoms with Crippen molar-refractivity contribution in [2.24, 2.45) is 0 Å². The van der Waals surface area contributed by atoms with Crippen LogP contribution < -0.4 is 10.2 Å². The van der Waals surface area contributed by atoms with Crippen LogP contribution in [0.25, 0.3) is 12.2 Å². The number of hydrogen-bond donors (Lipinski definition) is 1. The second-order valence-corrected chi connectivity index (χ2v) is 7.30. The molecular formula is C19H20N6OS. The Morgan fingerprint density at radius 2 is 1.89 bits per heavy atom. The smallest absolute Gasteiger partial charge is 0.234 e. The van der Waals surface area contributed by atoms with Gasteiger partial charge in [0.25, 0.3) is 0 Å². The number of ether oxygens (including phenoxy) is 1. The molecule has 2 aromatic heterocycles. The molecule has 0 saturated carbocycles. The maximum Gasteiger partial charge on any atom is 0.234 e. The Kier molecular flexibility index (Phi) is 5.36. The van der Waals surface area contributed by atoms with Crippen molar-refractivity contribution in [1.29, 1.82) is 0 Å². The van der Waals surface area contributed by atoms with E-state index < -0.39 is 0 Å². The van der Waals surface area contributed by atoms with Crippen molar-refractivity contribution >= 4 is 40.5 Å². The molecule has 7 nitrogen and oxygen atoms in total. The lowest BCUT2D eigenvalue weighted by Gasteiger charge is -2.26. The summed E-state index contributed by atoms with van der Waals surface area (Å²) in [7, 11) is 0. The van der Waals surface area contributed by atoms with Gasteiger partial charge in [-0.2, -0.15) is 15.0 Å². The Morgan fingerprint density at radius 3 is 2.63 bits per heavy atom. The van der Waals surface area contributed by atoms with Crippen molar-refractivity contribution < 1.29 is 4.74 Å². The van der Waals surface area contributed by atoms with Crippen molar-refractivity contribution in [3.05, 3.63) is 52.8 Å². The largest absolute Gasteiger partial charge is 0.378 e. The Morgan fingerprint density at radius 1 is 1.07 bits per heavy atom. The summed E-state index contributed by atoms with van der Waals surface area (Å²) in [6.45, 7) is 4.90. The predicted octanol–water partition coefficient (Wildman–Crippen LogP) is 3.39. The van der Waals surface area contributed by atoms with Crippen LogP contribution in [0.2, 0.25) is 0 Å². The standard InChI is InChI=1S/C19H20N6OS/c1-14-13-20-19(27-14)24-17-21-16(8-7-15-5-3-2-4-6-15)22-18(23-17)25-9-11-26-12-10-25/h2-8,13H,9-12H2,1H3,(H,20,21,22,23,24). The van der Waals surface area contributed by atoms with E-state index in [0.717, 1.165) is 28.7 Å². The van der Waals surface area contributed by atoms with E-state index in [1.165, 1.54) is 0 Å². The minimum absolute atomic E-state index is 0.494. The average molecular weight is 380 g/mol. The van der Waals surface area contributed by atoms with E-state index >= 15 is 0 Å². The summed E-state index contributed by atoms with van der Waals surface area (Å²) in [5.41, 5.74) is 1.09. The van der Waals surface area contributed by atoms with E-state index in [2.05, 4.69) is 30.2 Å². The SMILES string of the molecule is Cc1cnc(Nc2nc(C=Cc3ccccc3)nc(N3CCOCC3)n2)s1. The van der Waals surface area contributed by atoms with Crippen LogP contribution in [0.15, 0.2) is 36.5 Å². The second kappa shape index (κ2) is 8.24. The van der Waals surface area contributed by atoms with Gasteiger partial charge in [0.1, 0.15) is 0 Å².